The predicted molar refractivity (Wildman–Crippen MR) is 74.5 cm³/mol. The number of halogens is 2. The van der Waals surface area contributed by atoms with Gasteiger partial charge in [-0.1, -0.05) is 6.92 Å². The summed E-state index contributed by atoms with van der Waals surface area (Å²) in [5.74, 6) is 3.72. The lowest BCUT2D eigenvalue weighted by Gasteiger charge is -2.35. The lowest BCUT2D eigenvalue weighted by atomic mass is 9.72. The molecule has 3 aliphatic rings. The number of ether oxygens (including phenoxy) is 1. The monoisotopic (exact) mass is 282 g/mol. The lowest BCUT2D eigenvalue weighted by Crippen LogP contribution is -2.32. The molecule has 0 heterocycles. The van der Waals surface area contributed by atoms with Gasteiger partial charge < -0.3 is 4.74 Å². The maximum absolute atomic E-state index is 13.9. The average molecular weight is 282 g/mol. The van der Waals surface area contributed by atoms with Gasteiger partial charge in [0.05, 0.1) is 12.0 Å². The highest BCUT2D eigenvalue weighted by Gasteiger charge is 2.71. The quantitative estimate of drug-likeness (QED) is 0.697. The Kier molecular flexibility index (Phi) is 3.18. The first kappa shape index (κ1) is 14.3. The topological polar surface area (TPSA) is 9.23 Å². The van der Waals surface area contributed by atoms with Gasteiger partial charge in [0.15, 0.2) is 0 Å². The van der Waals surface area contributed by atoms with Crippen LogP contribution in [0.5, 0.6) is 0 Å². The van der Waals surface area contributed by atoms with Crippen LogP contribution in [0.1, 0.15) is 58.8 Å². The van der Waals surface area contributed by atoms with Gasteiger partial charge in [-0.25, -0.2) is 8.78 Å². The Bertz CT molecular complexity index is 457. The van der Waals surface area contributed by atoms with Crippen LogP contribution in [0.4, 0.5) is 8.78 Å². The van der Waals surface area contributed by atoms with E-state index in [1.165, 1.54) is 12.8 Å². The minimum absolute atomic E-state index is 0.0173. The number of rotatable bonds is 3. The Hall–Kier alpha value is -0.620. The molecular formula is C17H24F2O. The predicted octanol–water partition coefficient (Wildman–Crippen LogP) is 4.41. The van der Waals surface area contributed by atoms with Gasteiger partial charge in [0.1, 0.15) is 0 Å². The lowest BCUT2D eigenvalue weighted by molar-refractivity contribution is -0.00489. The Morgan fingerprint density at radius 1 is 1.05 bits per heavy atom. The summed E-state index contributed by atoms with van der Waals surface area (Å²) in [4.78, 5) is 0. The van der Waals surface area contributed by atoms with Gasteiger partial charge in [0, 0.05) is 25.9 Å². The van der Waals surface area contributed by atoms with E-state index in [9.17, 15) is 8.78 Å². The molecule has 0 amide bonds. The van der Waals surface area contributed by atoms with Crippen LogP contribution in [-0.2, 0) is 4.74 Å². The molecule has 0 bridgehead atoms. The smallest absolute Gasteiger partial charge is 0.255 e. The second-order valence-electron chi connectivity index (χ2n) is 7.67. The van der Waals surface area contributed by atoms with E-state index in [-0.39, 0.29) is 11.8 Å². The van der Waals surface area contributed by atoms with Crippen LogP contribution in [0.15, 0.2) is 0 Å². The largest absolute Gasteiger partial charge is 0.381 e. The van der Waals surface area contributed by atoms with E-state index >= 15 is 0 Å². The van der Waals surface area contributed by atoms with Gasteiger partial charge in [0.2, 0.25) is 0 Å². The van der Waals surface area contributed by atoms with Crippen molar-refractivity contribution in [2.75, 3.05) is 13.2 Å². The third-order valence-corrected chi connectivity index (χ3v) is 5.41. The molecule has 3 rings (SSSR count). The third-order valence-electron chi connectivity index (χ3n) is 5.41. The van der Waals surface area contributed by atoms with Gasteiger partial charge in [-0.15, -0.1) is 11.8 Å². The van der Waals surface area contributed by atoms with Crippen molar-refractivity contribution < 1.29 is 13.5 Å². The molecule has 2 atom stereocenters. The summed E-state index contributed by atoms with van der Waals surface area (Å²) in [5, 5.41) is 0. The molecule has 2 fully saturated rings. The van der Waals surface area contributed by atoms with Crippen LogP contribution < -0.4 is 0 Å². The summed E-state index contributed by atoms with van der Waals surface area (Å²) in [5.41, 5.74) is -0.707. The fraction of sp³-hybridized carbons (Fsp3) is 0.882. The van der Waals surface area contributed by atoms with Crippen LogP contribution in [0.3, 0.4) is 0 Å². The summed E-state index contributed by atoms with van der Waals surface area (Å²) in [6.07, 6.45) is 5.22. The molecule has 2 spiro atoms. The highest BCUT2D eigenvalue weighted by molar-refractivity contribution is 5.21. The molecular weight excluding hydrogens is 258 g/mol. The van der Waals surface area contributed by atoms with Crippen LogP contribution in [0.25, 0.3) is 0 Å². The Balaban J connectivity index is 1.83. The van der Waals surface area contributed by atoms with Crippen LogP contribution >= 0.6 is 0 Å². The summed E-state index contributed by atoms with van der Waals surface area (Å²) in [6, 6.07) is 0. The molecule has 0 aromatic rings. The molecule has 0 aromatic carbocycles. The Morgan fingerprint density at radius 3 is 2.25 bits per heavy atom. The average Bonchev–Trinajstić information content (AvgIpc) is 3.20. The van der Waals surface area contributed by atoms with Crippen LogP contribution in [-0.4, -0.2) is 19.1 Å². The molecule has 0 aromatic heterocycles. The van der Waals surface area contributed by atoms with Crippen molar-refractivity contribution >= 4 is 0 Å². The van der Waals surface area contributed by atoms with E-state index in [1.807, 2.05) is 6.92 Å². The van der Waals surface area contributed by atoms with E-state index in [2.05, 4.69) is 18.8 Å². The molecule has 112 valence electrons. The summed E-state index contributed by atoms with van der Waals surface area (Å²) >= 11 is 0. The van der Waals surface area contributed by atoms with Crippen LogP contribution in [0.2, 0.25) is 0 Å². The Labute approximate surface area is 120 Å². The first-order valence-electron chi connectivity index (χ1n) is 7.76. The summed E-state index contributed by atoms with van der Waals surface area (Å²) in [6.45, 7) is 5.37. The normalized spacial score (nSPS) is 40.4. The Morgan fingerprint density at radius 2 is 1.70 bits per heavy atom. The second kappa shape index (κ2) is 4.44. The van der Waals surface area contributed by atoms with E-state index in [4.69, 9.17) is 4.74 Å². The van der Waals surface area contributed by atoms with Crippen molar-refractivity contribution in [3.8, 4) is 11.8 Å². The minimum atomic E-state index is -2.52. The highest BCUT2D eigenvalue weighted by atomic mass is 19.3. The molecule has 0 radical (unpaired) electrons. The molecule has 1 nitrogen and oxygen atoms in total. The molecule has 2 saturated carbocycles. The molecule has 3 aliphatic carbocycles. The zero-order chi connectivity index (χ0) is 14.5. The molecule has 0 saturated heterocycles. The standard InChI is InChI=1S/C17H24F2O/c1-3-20-13-14(2)10-15(8-9-15)6-4-5-7-16(11-14)12-17(16,18)19/h3,6-13H2,1-2H3. The van der Waals surface area contributed by atoms with E-state index < -0.39 is 11.3 Å². The highest BCUT2D eigenvalue weighted by Crippen LogP contribution is 2.69. The molecule has 2 unspecified atom stereocenters. The van der Waals surface area contributed by atoms with Crippen molar-refractivity contribution in [1.29, 1.82) is 0 Å². The van der Waals surface area contributed by atoms with E-state index in [1.54, 1.807) is 0 Å². The fourth-order valence-electron chi connectivity index (χ4n) is 4.14. The summed E-state index contributed by atoms with van der Waals surface area (Å²) < 4.78 is 33.4. The number of alkyl halides is 2. The maximum atomic E-state index is 13.9. The number of hydrogen-bond donors (Lipinski definition) is 0. The van der Waals surface area contributed by atoms with Gasteiger partial charge in [0.25, 0.3) is 5.92 Å². The maximum Gasteiger partial charge on any atom is 0.255 e. The fourth-order valence-corrected chi connectivity index (χ4v) is 4.14. The summed E-state index contributed by atoms with van der Waals surface area (Å²) in [7, 11) is 0. The van der Waals surface area contributed by atoms with Crippen molar-refractivity contribution in [2.45, 2.75) is 64.7 Å². The van der Waals surface area contributed by atoms with Gasteiger partial charge >= 0.3 is 0 Å². The third kappa shape index (κ3) is 2.48. The van der Waals surface area contributed by atoms with Crippen molar-refractivity contribution in [3.05, 3.63) is 0 Å². The minimum Gasteiger partial charge on any atom is -0.381 e. The van der Waals surface area contributed by atoms with Crippen LogP contribution in [0, 0.1) is 28.1 Å². The number of hydrogen-bond acceptors (Lipinski definition) is 1. The van der Waals surface area contributed by atoms with E-state index in [0.717, 1.165) is 12.8 Å². The zero-order valence-corrected chi connectivity index (χ0v) is 12.5. The van der Waals surface area contributed by atoms with E-state index in [0.29, 0.717) is 31.5 Å². The molecule has 20 heavy (non-hydrogen) atoms. The van der Waals surface area contributed by atoms with Gasteiger partial charge in [-0.2, -0.15) is 0 Å². The van der Waals surface area contributed by atoms with Crippen molar-refractivity contribution in [1.82, 2.24) is 0 Å². The van der Waals surface area contributed by atoms with Crippen molar-refractivity contribution in [3.63, 3.8) is 0 Å². The second-order valence-corrected chi connectivity index (χ2v) is 7.67. The SMILES string of the molecule is CCOCC1(C)CC2(CC#CCC3(C1)CC3(F)F)CC2. The first-order valence-corrected chi connectivity index (χ1v) is 7.76. The van der Waals surface area contributed by atoms with Gasteiger partial charge in [-0.05, 0) is 43.4 Å². The zero-order valence-electron chi connectivity index (χ0n) is 12.5. The molecule has 0 aliphatic heterocycles. The molecule has 0 N–H and O–H groups in total. The molecule has 3 heteroatoms. The first-order chi connectivity index (χ1) is 9.35. The van der Waals surface area contributed by atoms with Gasteiger partial charge in [-0.3, -0.25) is 0 Å². The van der Waals surface area contributed by atoms with Crippen molar-refractivity contribution in [2.24, 2.45) is 16.2 Å².